The smallest absolute Gasteiger partial charge is 0.334 e. The van der Waals surface area contributed by atoms with Gasteiger partial charge in [-0.2, -0.15) is 0 Å². The molecule has 3 heterocycles. The van der Waals surface area contributed by atoms with Crippen LogP contribution in [0.4, 0.5) is 0 Å². The molecule has 19 heteroatoms. The molecule has 0 aromatic rings. The van der Waals surface area contributed by atoms with Crippen molar-refractivity contribution in [3.63, 3.8) is 0 Å². The number of ether oxygens (including phenoxy) is 6. The topological polar surface area (TPSA) is 333 Å². The highest BCUT2D eigenvalue weighted by molar-refractivity contribution is 5.71. The summed E-state index contributed by atoms with van der Waals surface area (Å²) in [5.41, 5.74) is 15.7. The molecule has 42 heavy (non-hydrogen) atoms. The van der Waals surface area contributed by atoms with Gasteiger partial charge in [0.25, 0.3) is 5.79 Å². The molecule has 0 radical (unpaired) electrons. The van der Waals surface area contributed by atoms with Crippen LogP contribution in [0.15, 0.2) is 0 Å². The molecule has 15 atom stereocenters. The quantitative estimate of drug-likeness (QED) is 0.0756. The average Bonchev–Trinajstić information content (AvgIpc) is 2.97. The van der Waals surface area contributed by atoms with Gasteiger partial charge >= 0.3 is 5.97 Å². The first-order valence-electron chi connectivity index (χ1n) is 13.4. The average molecular weight is 618 g/mol. The summed E-state index contributed by atoms with van der Waals surface area (Å²) in [5.74, 6) is -4.27. The van der Waals surface area contributed by atoms with Gasteiger partial charge in [-0.1, -0.05) is 13.3 Å². The Morgan fingerprint density at radius 1 is 0.833 bits per heavy atom. The van der Waals surface area contributed by atoms with Gasteiger partial charge in [0.05, 0.1) is 37.9 Å². The summed E-state index contributed by atoms with van der Waals surface area (Å²) < 4.78 is 33.0. The van der Waals surface area contributed by atoms with E-state index >= 15 is 0 Å². The third kappa shape index (κ3) is 6.43. The minimum atomic E-state index is -2.93. The van der Waals surface area contributed by atoms with Crippen molar-refractivity contribution in [2.75, 3.05) is 26.4 Å². The molecule has 0 amide bonds. The lowest BCUT2D eigenvalue weighted by Crippen LogP contribution is -2.77. The molecular weight excluding hydrogens is 574 g/mol. The Labute approximate surface area is 240 Å². The SMILES string of the molecule is CCC[C@]1(CO)O[C@H](OC2[C@@H](CO)O[C@@H](OC3[C@@H](CO)O[C@@H](O)[C@H](N)[C@H]3O)[C@H](N)[C@H]2O)[C@H](N)[C@@H](O)[C@]1(O)OC(=O)CO. The molecule has 0 aromatic carbocycles. The van der Waals surface area contributed by atoms with E-state index in [0.717, 1.165) is 0 Å². The van der Waals surface area contributed by atoms with Crippen molar-refractivity contribution >= 4 is 5.97 Å². The van der Waals surface area contributed by atoms with Gasteiger partial charge in [0.1, 0.15) is 49.3 Å². The minimum absolute atomic E-state index is 0.209. The van der Waals surface area contributed by atoms with Gasteiger partial charge in [-0.15, -0.1) is 0 Å². The Morgan fingerprint density at radius 3 is 1.90 bits per heavy atom. The summed E-state index contributed by atoms with van der Waals surface area (Å²) in [7, 11) is 0. The van der Waals surface area contributed by atoms with Gasteiger partial charge < -0.3 is 91.6 Å². The van der Waals surface area contributed by atoms with Gasteiger partial charge in [-0.3, -0.25) is 0 Å². The monoisotopic (exact) mass is 617 g/mol. The maximum absolute atomic E-state index is 11.9. The van der Waals surface area contributed by atoms with E-state index in [1.165, 1.54) is 0 Å². The molecule has 3 fully saturated rings. The third-order valence-corrected chi connectivity index (χ3v) is 7.79. The highest BCUT2D eigenvalue weighted by Gasteiger charge is 2.66. The van der Waals surface area contributed by atoms with E-state index in [-0.39, 0.29) is 12.8 Å². The number of rotatable bonds is 11. The summed E-state index contributed by atoms with van der Waals surface area (Å²) in [5, 5.41) is 92.5. The molecule has 3 rings (SSSR count). The van der Waals surface area contributed by atoms with Crippen LogP contribution in [0.25, 0.3) is 0 Å². The first kappa shape index (κ1) is 35.3. The first-order chi connectivity index (χ1) is 19.7. The minimum Gasteiger partial charge on any atom is -0.425 e. The Bertz CT molecular complexity index is 889. The Kier molecular flexibility index (Phi) is 12.0. The van der Waals surface area contributed by atoms with Crippen LogP contribution in [0.2, 0.25) is 0 Å². The number of nitrogens with two attached hydrogens (primary N) is 3. The molecule has 0 saturated carbocycles. The second-order valence-corrected chi connectivity index (χ2v) is 10.5. The number of hydrogen-bond donors (Lipinski definition) is 12. The highest BCUT2D eigenvalue weighted by atomic mass is 16.8. The maximum atomic E-state index is 11.9. The Morgan fingerprint density at radius 2 is 1.38 bits per heavy atom. The van der Waals surface area contributed by atoms with Crippen molar-refractivity contribution in [1.29, 1.82) is 0 Å². The Hall–Kier alpha value is -1.21. The number of carbonyl (C=O) groups is 1. The lowest BCUT2D eigenvalue weighted by atomic mass is 9.79. The van der Waals surface area contributed by atoms with Gasteiger partial charge in [0.2, 0.25) is 0 Å². The van der Waals surface area contributed by atoms with E-state index in [1.54, 1.807) is 6.92 Å². The van der Waals surface area contributed by atoms with Crippen molar-refractivity contribution in [3.8, 4) is 0 Å². The molecule has 15 N–H and O–H groups in total. The van der Waals surface area contributed by atoms with Crippen LogP contribution in [0.3, 0.4) is 0 Å². The fourth-order valence-corrected chi connectivity index (χ4v) is 5.37. The molecule has 3 saturated heterocycles. The predicted molar refractivity (Wildman–Crippen MR) is 133 cm³/mol. The summed E-state index contributed by atoms with van der Waals surface area (Å²) >= 11 is 0. The largest absolute Gasteiger partial charge is 0.425 e. The van der Waals surface area contributed by atoms with Crippen LogP contribution in [-0.2, 0) is 33.2 Å². The van der Waals surface area contributed by atoms with Crippen LogP contribution < -0.4 is 17.2 Å². The molecule has 19 nitrogen and oxygen atoms in total. The van der Waals surface area contributed by atoms with Gasteiger partial charge in [0.15, 0.2) is 24.5 Å². The van der Waals surface area contributed by atoms with Crippen LogP contribution in [0.1, 0.15) is 19.8 Å². The van der Waals surface area contributed by atoms with Crippen LogP contribution >= 0.6 is 0 Å². The number of esters is 1. The third-order valence-electron chi connectivity index (χ3n) is 7.79. The van der Waals surface area contributed by atoms with Crippen LogP contribution in [0.5, 0.6) is 0 Å². The van der Waals surface area contributed by atoms with E-state index in [2.05, 4.69) is 0 Å². The summed E-state index contributed by atoms with van der Waals surface area (Å²) in [6.07, 6.45) is -15.8. The summed E-state index contributed by atoms with van der Waals surface area (Å²) in [4.78, 5) is 11.9. The lowest BCUT2D eigenvalue weighted by molar-refractivity contribution is -0.419. The zero-order chi connectivity index (χ0) is 31.6. The standard InChI is InChI=1S/C23H43N3O16/c1-2-3-22(7-30)23(36,41-10(31)6-29)18(34)13(26)21(42-22)40-17-9(5-28)38-20(12(25)15(17)33)39-16-8(4-27)37-19(35)11(24)14(16)32/h8-9,11-21,27-30,32-36H,2-7,24-26H2,1H3/t8-,9-,11-,12-,13-,14-,15-,16?,17?,18-,19-,20+,21+,22-,23+/m1/s1. The van der Waals surface area contributed by atoms with Gasteiger partial charge in [-0.25, -0.2) is 4.79 Å². The van der Waals surface area contributed by atoms with Crippen molar-refractivity contribution in [2.24, 2.45) is 17.2 Å². The summed E-state index contributed by atoms with van der Waals surface area (Å²) in [6, 6.07) is -4.46. The van der Waals surface area contributed by atoms with E-state index in [0.29, 0.717) is 0 Å². The summed E-state index contributed by atoms with van der Waals surface area (Å²) in [6.45, 7) is -2.05. The van der Waals surface area contributed by atoms with Crippen LogP contribution in [-0.4, -0.2) is 169 Å². The molecule has 2 unspecified atom stereocenters. The molecule has 0 bridgehead atoms. The second-order valence-electron chi connectivity index (χ2n) is 10.5. The fourth-order valence-electron chi connectivity index (χ4n) is 5.37. The number of hydrogen-bond acceptors (Lipinski definition) is 19. The molecular formula is C23H43N3O16. The number of carbonyl (C=O) groups excluding carboxylic acids is 1. The fraction of sp³-hybridized carbons (Fsp3) is 0.957. The van der Waals surface area contributed by atoms with Crippen molar-refractivity contribution < 1.29 is 79.2 Å². The lowest BCUT2D eigenvalue weighted by Gasteiger charge is -2.55. The molecule has 3 aliphatic rings. The normalized spacial score (nSPS) is 48.2. The van der Waals surface area contributed by atoms with E-state index in [9.17, 15) is 45.6 Å². The van der Waals surface area contributed by atoms with E-state index in [1.807, 2.05) is 0 Å². The van der Waals surface area contributed by atoms with Crippen molar-refractivity contribution in [3.05, 3.63) is 0 Å². The van der Waals surface area contributed by atoms with Crippen molar-refractivity contribution in [2.45, 2.75) is 111 Å². The van der Waals surface area contributed by atoms with E-state index in [4.69, 9.17) is 50.7 Å². The molecule has 0 aliphatic carbocycles. The first-order valence-corrected chi connectivity index (χ1v) is 13.4. The zero-order valence-corrected chi connectivity index (χ0v) is 22.9. The molecule has 0 aromatic heterocycles. The van der Waals surface area contributed by atoms with E-state index < -0.39 is 124 Å². The van der Waals surface area contributed by atoms with Crippen LogP contribution in [0, 0.1) is 0 Å². The highest BCUT2D eigenvalue weighted by Crippen LogP contribution is 2.43. The maximum Gasteiger partial charge on any atom is 0.334 e. The molecule has 0 spiro atoms. The number of aliphatic hydroxyl groups excluding tert-OH is 8. The predicted octanol–water partition coefficient (Wildman–Crippen LogP) is -7.64. The zero-order valence-electron chi connectivity index (χ0n) is 22.9. The van der Waals surface area contributed by atoms with Gasteiger partial charge in [0, 0.05) is 0 Å². The molecule has 246 valence electrons. The Balaban J connectivity index is 1.83. The van der Waals surface area contributed by atoms with Crippen molar-refractivity contribution in [1.82, 2.24) is 0 Å². The van der Waals surface area contributed by atoms with Gasteiger partial charge in [-0.05, 0) is 6.42 Å². The molecule has 3 aliphatic heterocycles. The number of aliphatic hydroxyl groups is 9. The second kappa shape index (κ2) is 14.3.